The van der Waals surface area contributed by atoms with Crippen LogP contribution in [0.4, 0.5) is 5.69 Å². The number of Topliss-reactive ketones (excluding diaryl/α,β-unsaturated/α-hetero) is 1. The molecule has 1 amide bonds. The van der Waals surface area contributed by atoms with Crippen molar-refractivity contribution in [3.05, 3.63) is 65.7 Å². The number of aliphatic carboxylic acids is 1. The highest BCUT2D eigenvalue weighted by Crippen LogP contribution is 2.19. The average molecular weight is 339 g/mol. The monoisotopic (exact) mass is 339 g/mol. The predicted octanol–water partition coefficient (Wildman–Crippen LogP) is 3.55. The van der Waals surface area contributed by atoms with Crippen LogP contribution >= 0.6 is 0 Å². The van der Waals surface area contributed by atoms with Crippen LogP contribution in [0, 0.1) is 5.92 Å². The molecule has 0 aromatic heterocycles. The Labute approximate surface area is 146 Å². The van der Waals surface area contributed by atoms with Crippen LogP contribution in [0.3, 0.4) is 0 Å². The van der Waals surface area contributed by atoms with Crippen LogP contribution in [-0.2, 0) is 16.0 Å². The number of hydrogen-bond donors (Lipinski definition) is 2. The Morgan fingerprint density at radius 2 is 1.64 bits per heavy atom. The van der Waals surface area contributed by atoms with Gasteiger partial charge in [-0.3, -0.25) is 14.4 Å². The van der Waals surface area contributed by atoms with E-state index < -0.39 is 11.9 Å². The number of rotatable bonds is 8. The number of carboxylic acid groups (broad SMARTS) is 1. The van der Waals surface area contributed by atoms with Crippen LogP contribution in [0.5, 0.6) is 0 Å². The quantitative estimate of drug-likeness (QED) is 0.770. The molecule has 0 unspecified atom stereocenters. The molecule has 0 saturated heterocycles. The van der Waals surface area contributed by atoms with Crippen molar-refractivity contribution in [3.63, 3.8) is 0 Å². The minimum atomic E-state index is -0.969. The first-order valence-electron chi connectivity index (χ1n) is 8.16. The molecule has 5 heteroatoms. The Morgan fingerprint density at radius 3 is 2.32 bits per heavy atom. The van der Waals surface area contributed by atoms with Crippen LogP contribution in [0.2, 0.25) is 0 Å². The van der Waals surface area contributed by atoms with E-state index in [0.29, 0.717) is 17.7 Å². The summed E-state index contributed by atoms with van der Waals surface area (Å²) in [4.78, 5) is 35.0. The smallest absolute Gasteiger partial charge is 0.306 e. The summed E-state index contributed by atoms with van der Waals surface area (Å²) < 4.78 is 0. The van der Waals surface area contributed by atoms with Gasteiger partial charge in [0.05, 0.1) is 5.92 Å². The number of para-hydroxylation sites is 1. The number of ketones is 1. The number of aryl methyl sites for hydroxylation is 1. The van der Waals surface area contributed by atoms with E-state index in [1.54, 1.807) is 30.3 Å². The zero-order valence-corrected chi connectivity index (χ0v) is 14.1. The summed E-state index contributed by atoms with van der Waals surface area (Å²) in [6.45, 7) is 1.52. The molecule has 5 nitrogen and oxygen atoms in total. The molecule has 130 valence electrons. The summed E-state index contributed by atoms with van der Waals surface area (Å²) in [5.74, 6) is -1.96. The molecule has 0 aliphatic carbocycles. The molecule has 0 bridgehead atoms. The summed E-state index contributed by atoms with van der Waals surface area (Å²) >= 11 is 0. The number of carboxylic acids is 1. The van der Waals surface area contributed by atoms with Gasteiger partial charge in [-0.25, -0.2) is 0 Å². The Bertz CT molecular complexity index is 755. The van der Waals surface area contributed by atoms with Gasteiger partial charge in [-0.1, -0.05) is 43.3 Å². The Morgan fingerprint density at radius 1 is 1.00 bits per heavy atom. The van der Waals surface area contributed by atoms with Crippen LogP contribution in [0.15, 0.2) is 54.6 Å². The van der Waals surface area contributed by atoms with E-state index in [-0.39, 0.29) is 24.5 Å². The topological polar surface area (TPSA) is 83.5 Å². The van der Waals surface area contributed by atoms with E-state index in [1.807, 2.05) is 24.3 Å². The highest BCUT2D eigenvalue weighted by molar-refractivity contribution is 6.04. The fourth-order valence-electron chi connectivity index (χ4n) is 2.45. The van der Waals surface area contributed by atoms with Crippen molar-refractivity contribution >= 4 is 23.3 Å². The summed E-state index contributed by atoms with van der Waals surface area (Å²) in [6.07, 6.45) is 0.722. The largest absolute Gasteiger partial charge is 0.481 e. The van der Waals surface area contributed by atoms with Gasteiger partial charge in [0.25, 0.3) is 5.91 Å². The molecule has 0 fully saturated rings. The third-order valence-corrected chi connectivity index (χ3v) is 3.93. The zero-order valence-electron chi connectivity index (χ0n) is 14.1. The fourth-order valence-corrected chi connectivity index (χ4v) is 2.45. The molecular formula is C20H21NO4. The summed E-state index contributed by atoms with van der Waals surface area (Å²) in [5.41, 5.74) is 2.07. The van der Waals surface area contributed by atoms with Crippen molar-refractivity contribution in [2.45, 2.75) is 26.2 Å². The fraction of sp³-hybridized carbons (Fsp3) is 0.250. The van der Waals surface area contributed by atoms with Gasteiger partial charge >= 0.3 is 5.97 Å². The summed E-state index contributed by atoms with van der Waals surface area (Å²) in [6, 6.07) is 16.2. The predicted molar refractivity (Wildman–Crippen MR) is 95.6 cm³/mol. The van der Waals surface area contributed by atoms with Gasteiger partial charge in [-0.05, 0) is 30.2 Å². The molecule has 2 rings (SSSR count). The van der Waals surface area contributed by atoms with E-state index >= 15 is 0 Å². The number of amides is 1. The lowest BCUT2D eigenvalue weighted by atomic mass is 9.99. The second kappa shape index (κ2) is 8.78. The van der Waals surface area contributed by atoms with Crippen molar-refractivity contribution in [1.82, 2.24) is 0 Å². The Balaban J connectivity index is 1.99. The number of benzene rings is 2. The Hall–Kier alpha value is -2.95. The maximum absolute atomic E-state index is 12.3. The minimum absolute atomic E-state index is 0.0217. The van der Waals surface area contributed by atoms with Crippen molar-refractivity contribution in [2.24, 2.45) is 5.92 Å². The first kappa shape index (κ1) is 18.4. The van der Waals surface area contributed by atoms with Crippen molar-refractivity contribution < 1.29 is 19.5 Å². The van der Waals surface area contributed by atoms with Gasteiger partial charge < -0.3 is 10.4 Å². The van der Waals surface area contributed by atoms with Crippen LogP contribution in [0.25, 0.3) is 0 Å². The van der Waals surface area contributed by atoms with Gasteiger partial charge in [0.2, 0.25) is 0 Å². The molecule has 2 N–H and O–H groups in total. The maximum atomic E-state index is 12.3. The second-order valence-electron chi connectivity index (χ2n) is 5.96. The van der Waals surface area contributed by atoms with Crippen LogP contribution in [0.1, 0.15) is 35.7 Å². The van der Waals surface area contributed by atoms with Crippen LogP contribution in [-0.4, -0.2) is 22.8 Å². The van der Waals surface area contributed by atoms with E-state index in [1.165, 1.54) is 6.92 Å². The van der Waals surface area contributed by atoms with Gasteiger partial charge in [0.1, 0.15) is 5.78 Å². The normalized spacial score (nSPS) is 11.6. The summed E-state index contributed by atoms with van der Waals surface area (Å²) in [5, 5.41) is 11.7. The molecule has 2 aromatic rings. The minimum Gasteiger partial charge on any atom is -0.481 e. The van der Waals surface area contributed by atoms with Crippen molar-refractivity contribution in [3.8, 4) is 0 Å². The lowest BCUT2D eigenvalue weighted by Crippen LogP contribution is -2.16. The highest BCUT2D eigenvalue weighted by atomic mass is 16.4. The van der Waals surface area contributed by atoms with E-state index in [9.17, 15) is 14.4 Å². The lowest BCUT2D eigenvalue weighted by molar-refractivity contribution is -0.143. The maximum Gasteiger partial charge on any atom is 0.306 e. The number of carbonyl (C=O) groups excluding carboxylic acids is 2. The molecule has 0 aliphatic heterocycles. The third-order valence-electron chi connectivity index (χ3n) is 3.93. The van der Waals surface area contributed by atoms with Gasteiger partial charge in [-0.15, -0.1) is 0 Å². The molecule has 25 heavy (non-hydrogen) atoms. The molecule has 0 spiro atoms. The second-order valence-corrected chi connectivity index (χ2v) is 5.96. The first-order valence-corrected chi connectivity index (χ1v) is 8.16. The van der Waals surface area contributed by atoms with Crippen molar-refractivity contribution in [2.75, 3.05) is 5.32 Å². The molecule has 0 aliphatic rings. The SMILES string of the molecule is C[C@@H](CC(=O)CCc1ccccc1NC(=O)c1ccccc1)C(=O)O. The van der Waals surface area contributed by atoms with Gasteiger partial charge in [0, 0.05) is 24.1 Å². The van der Waals surface area contributed by atoms with Crippen molar-refractivity contribution in [1.29, 1.82) is 0 Å². The highest BCUT2D eigenvalue weighted by Gasteiger charge is 2.16. The van der Waals surface area contributed by atoms with Gasteiger partial charge in [-0.2, -0.15) is 0 Å². The molecule has 2 aromatic carbocycles. The van der Waals surface area contributed by atoms with E-state index in [0.717, 1.165) is 5.56 Å². The van der Waals surface area contributed by atoms with Gasteiger partial charge in [0.15, 0.2) is 0 Å². The number of anilines is 1. The van der Waals surface area contributed by atoms with E-state index in [2.05, 4.69) is 5.32 Å². The molecule has 0 heterocycles. The standard InChI is InChI=1S/C20H21NO4/c1-14(20(24)25)13-17(22)12-11-15-7-5-6-10-18(15)21-19(23)16-8-3-2-4-9-16/h2-10,14H,11-13H2,1H3,(H,21,23)(H,24,25)/t14-/m0/s1. The lowest BCUT2D eigenvalue weighted by Gasteiger charge is -2.11. The first-order chi connectivity index (χ1) is 12.0. The average Bonchev–Trinajstić information content (AvgIpc) is 2.61. The number of hydrogen-bond acceptors (Lipinski definition) is 3. The zero-order chi connectivity index (χ0) is 18.2. The summed E-state index contributed by atoms with van der Waals surface area (Å²) in [7, 11) is 0. The molecule has 1 atom stereocenters. The van der Waals surface area contributed by atoms with Crippen LogP contribution < -0.4 is 5.32 Å². The number of carbonyl (C=O) groups is 3. The molecule has 0 saturated carbocycles. The van der Waals surface area contributed by atoms with E-state index in [4.69, 9.17) is 5.11 Å². The third kappa shape index (κ3) is 5.57. The number of nitrogens with one attached hydrogen (secondary N) is 1. The molecular weight excluding hydrogens is 318 g/mol. The Kier molecular flexibility index (Phi) is 6.46. The molecule has 0 radical (unpaired) electrons.